The number of aromatic amines is 1. The first-order chi connectivity index (χ1) is 14.0. The van der Waals surface area contributed by atoms with Gasteiger partial charge in [-0.3, -0.25) is 0 Å². The molecule has 0 bridgehead atoms. The number of H-pyrrole nitrogens is 1. The van der Waals surface area contributed by atoms with E-state index in [1.54, 1.807) is 0 Å². The Labute approximate surface area is 165 Å². The van der Waals surface area contributed by atoms with E-state index in [4.69, 9.17) is 0 Å². The van der Waals surface area contributed by atoms with Gasteiger partial charge in [0, 0.05) is 24.3 Å². The first kappa shape index (κ1) is 17.8. The smallest absolute Gasteiger partial charge is 0.367 e. The Kier molecular flexibility index (Phi) is 4.08. The molecule has 3 aromatic carbocycles. The Hall–Kier alpha value is -3.28. The molecule has 1 aromatic heterocycles. The molecule has 0 aliphatic carbocycles. The molecule has 1 aliphatic rings. The molecule has 0 fully saturated rings. The van der Waals surface area contributed by atoms with E-state index in [0.29, 0.717) is 16.9 Å². The highest BCUT2D eigenvalue weighted by Gasteiger charge is 2.30. The van der Waals surface area contributed by atoms with Crippen molar-refractivity contribution >= 4 is 16.7 Å². The lowest BCUT2D eigenvalue weighted by molar-refractivity contribution is -0.137. The third-order valence-corrected chi connectivity index (χ3v) is 5.42. The van der Waals surface area contributed by atoms with Gasteiger partial charge in [-0.05, 0) is 47.9 Å². The van der Waals surface area contributed by atoms with E-state index >= 15 is 0 Å². The fourth-order valence-electron chi connectivity index (χ4n) is 3.89. The van der Waals surface area contributed by atoms with E-state index in [1.807, 2.05) is 18.2 Å². The number of hydrogen-bond acceptors (Lipinski definition) is 2. The van der Waals surface area contributed by atoms with E-state index in [0.717, 1.165) is 42.9 Å². The molecule has 5 rings (SSSR count). The minimum atomic E-state index is -4.37. The molecule has 1 N–H and O–H groups in total. The Morgan fingerprint density at radius 3 is 2.55 bits per heavy atom. The highest BCUT2D eigenvalue weighted by molar-refractivity contribution is 5.80. The van der Waals surface area contributed by atoms with Crippen LogP contribution in [0.2, 0.25) is 0 Å². The molecule has 0 saturated heterocycles. The summed E-state index contributed by atoms with van der Waals surface area (Å²) < 4.78 is 38.9. The number of aromatic nitrogens is 2. The standard InChI is InChI=1S/C23H18F3N3/c24-23(25,26)18-8-9-20-21(13-18)28-22(27-20)16-6-3-7-19(12-16)29-11-10-15-4-1-2-5-17(15)14-29/h1-9,12-13H,10-11,14H2,(H,27,28). The highest BCUT2D eigenvalue weighted by atomic mass is 19.4. The lowest BCUT2D eigenvalue weighted by Gasteiger charge is -2.31. The van der Waals surface area contributed by atoms with Crippen LogP contribution in [-0.2, 0) is 19.1 Å². The van der Waals surface area contributed by atoms with Gasteiger partial charge in [0.15, 0.2) is 0 Å². The van der Waals surface area contributed by atoms with Crippen molar-refractivity contribution in [2.45, 2.75) is 19.1 Å². The molecule has 6 heteroatoms. The summed E-state index contributed by atoms with van der Waals surface area (Å²) in [6, 6.07) is 20.0. The van der Waals surface area contributed by atoms with E-state index in [-0.39, 0.29) is 0 Å². The van der Waals surface area contributed by atoms with Crippen molar-refractivity contribution in [3.05, 3.63) is 83.4 Å². The Morgan fingerprint density at radius 2 is 1.72 bits per heavy atom. The molecule has 1 aliphatic heterocycles. The maximum Gasteiger partial charge on any atom is 0.416 e. The van der Waals surface area contributed by atoms with Crippen LogP contribution >= 0.6 is 0 Å². The normalized spacial score (nSPS) is 14.2. The fourth-order valence-corrected chi connectivity index (χ4v) is 3.89. The predicted molar refractivity (Wildman–Crippen MR) is 108 cm³/mol. The van der Waals surface area contributed by atoms with Crippen LogP contribution in [-0.4, -0.2) is 16.5 Å². The Balaban J connectivity index is 1.47. The third-order valence-electron chi connectivity index (χ3n) is 5.42. The first-order valence-corrected chi connectivity index (χ1v) is 9.46. The largest absolute Gasteiger partial charge is 0.416 e. The van der Waals surface area contributed by atoms with Gasteiger partial charge in [0.1, 0.15) is 5.82 Å². The molecular formula is C23H18F3N3. The summed E-state index contributed by atoms with van der Waals surface area (Å²) in [5.74, 6) is 0.568. The molecule has 0 radical (unpaired) electrons. The summed E-state index contributed by atoms with van der Waals surface area (Å²) in [6.07, 6.45) is -3.38. The molecule has 0 amide bonds. The fraction of sp³-hybridized carbons (Fsp3) is 0.174. The molecule has 146 valence electrons. The lowest BCUT2D eigenvalue weighted by Crippen LogP contribution is -2.30. The van der Waals surface area contributed by atoms with Crippen LogP contribution in [0.4, 0.5) is 18.9 Å². The summed E-state index contributed by atoms with van der Waals surface area (Å²) in [7, 11) is 0. The minimum Gasteiger partial charge on any atom is -0.367 e. The van der Waals surface area contributed by atoms with Crippen molar-refractivity contribution in [1.29, 1.82) is 0 Å². The lowest BCUT2D eigenvalue weighted by atomic mass is 9.99. The molecule has 0 unspecified atom stereocenters. The van der Waals surface area contributed by atoms with Gasteiger partial charge in [-0.2, -0.15) is 13.2 Å². The average molecular weight is 393 g/mol. The topological polar surface area (TPSA) is 31.9 Å². The third kappa shape index (κ3) is 3.35. The second-order valence-electron chi connectivity index (χ2n) is 7.31. The number of halogens is 3. The van der Waals surface area contributed by atoms with E-state index in [1.165, 1.54) is 17.2 Å². The van der Waals surface area contributed by atoms with Crippen molar-refractivity contribution < 1.29 is 13.2 Å². The number of benzene rings is 3. The summed E-state index contributed by atoms with van der Waals surface area (Å²) in [6.45, 7) is 1.77. The quantitative estimate of drug-likeness (QED) is 0.466. The van der Waals surface area contributed by atoms with Gasteiger partial charge in [0.05, 0.1) is 16.6 Å². The number of nitrogens with one attached hydrogen (secondary N) is 1. The Morgan fingerprint density at radius 1 is 0.897 bits per heavy atom. The van der Waals surface area contributed by atoms with Crippen molar-refractivity contribution in [1.82, 2.24) is 9.97 Å². The number of hydrogen-bond donors (Lipinski definition) is 1. The summed E-state index contributed by atoms with van der Waals surface area (Å²) in [5, 5.41) is 0. The minimum absolute atomic E-state index is 0.382. The second-order valence-corrected chi connectivity index (χ2v) is 7.31. The van der Waals surface area contributed by atoms with Crippen molar-refractivity contribution in [3.8, 4) is 11.4 Å². The van der Waals surface area contributed by atoms with Crippen LogP contribution in [0.25, 0.3) is 22.4 Å². The van der Waals surface area contributed by atoms with Gasteiger partial charge in [-0.15, -0.1) is 0 Å². The highest BCUT2D eigenvalue weighted by Crippen LogP contribution is 2.32. The zero-order valence-electron chi connectivity index (χ0n) is 15.5. The monoisotopic (exact) mass is 393 g/mol. The number of nitrogens with zero attached hydrogens (tertiary/aromatic N) is 2. The molecule has 0 spiro atoms. The molecule has 2 heterocycles. The molecule has 3 nitrogen and oxygen atoms in total. The molecule has 29 heavy (non-hydrogen) atoms. The zero-order chi connectivity index (χ0) is 20.0. The maximum absolute atomic E-state index is 13.0. The maximum atomic E-state index is 13.0. The number of rotatable bonds is 2. The number of imidazole rings is 1. The molecule has 0 saturated carbocycles. The van der Waals surface area contributed by atoms with Gasteiger partial charge in [0.2, 0.25) is 0 Å². The van der Waals surface area contributed by atoms with Crippen LogP contribution < -0.4 is 4.90 Å². The van der Waals surface area contributed by atoms with Crippen LogP contribution in [0, 0.1) is 0 Å². The van der Waals surface area contributed by atoms with Crippen LogP contribution in [0.3, 0.4) is 0 Å². The van der Waals surface area contributed by atoms with Crippen LogP contribution in [0.15, 0.2) is 66.7 Å². The molecular weight excluding hydrogens is 375 g/mol. The van der Waals surface area contributed by atoms with Crippen molar-refractivity contribution in [2.75, 3.05) is 11.4 Å². The van der Waals surface area contributed by atoms with Gasteiger partial charge in [-0.1, -0.05) is 36.4 Å². The molecule has 4 aromatic rings. The predicted octanol–water partition coefficient (Wildman–Crippen LogP) is 5.81. The van der Waals surface area contributed by atoms with Gasteiger partial charge in [0.25, 0.3) is 0 Å². The summed E-state index contributed by atoms with van der Waals surface area (Å²) >= 11 is 0. The molecule has 0 atom stereocenters. The van der Waals surface area contributed by atoms with Gasteiger partial charge >= 0.3 is 6.18 Å². The second kappa shape index (κ2) is 6.65. The number of anilines is 1. The van der Waals surface area contributed by atoms with Crippen molar-refractivity contribution in [2.24, 2.45) is 0 Å². The van der Waals surface area contributed by atoms with E-state index < -0.39 is 11.7 Å². The van der Waals surface area contributed by atoms with Crippen LogP contribution in [0.1, 0.15) is 16.7 Å². The average Bonchev–Trinajstić information content (AvgIpc) is 3.16. The van der Waals surface area contributed by atoms with Crippen LogP contribution in [0.5, 0.6) is 0 Å². The Bertz CT molecular complexity index is 1190. The SMILES string of the molecule is FC(F)(F)c1ccc2nc(-c3cccc(N4CCc5ccccc5C4)c3)[nH]c2c1. The van der Waals surface area contributed by atoms with E-state index in [2.05, 4.69) is 45.2 Å². The van der Waals surface area contributed by atoms with Gasteiger partial charge < -0.3 is 9.88 Å². The number of fused-ring (bicyclic) bond motifs is 2. The first-order valence-electron chi connectivity index (χ1n) is 9.46. The van der Waals surface area contributed by atoms with Crippen molar-refractivity contribution in [3.63, 3.8) is 0 Å². The van der Waals surface area contributed by atoms with E-state index in [9.17, 15) is 13.2 Å². The number of alkyl halides is 3. The van der Waals surface area contributed by atoms with Gasteiger partial charge in [-0.25, -0.2) is 4.98 Å². The summed E-state index contributed by atoms with van der Waals surface area (Å²) in [5.41, 5.74) is 4.86. The summed E-state index contributed by atoms with van der Waals surface area (Å²) in [4.78, 5) is 9.84. The zero-order valence-corrected chi connectivity index (χ0v) is 15.5.